The molecule has 0 spiro atoms. The fraction of sp³-hybridized carbons (Fsp3) is 0.381. The number of thioether (sulfide) groups is 1. The molecule has 0 saturated carbocycles. The van der Waals surface area contributed by atoms with Crippen molar-refractivity contribution in [1.82, 2.24) is 5.32 Å². The van der Waals surface area contributed by atoms with Crippen LogP contribution in [0.4, 0.5) is 0 Å². The first kappa shape index (κ1) is 20.2. The number of ether oxygens (including phenoxy) is 2. The summed E-state index contributed by atoms with van der Waals surface area (Å²) in [6, 6.07) is 7.85. The molecule has 0 fully saturated rings. The van der Waals surface area contributed by atoms with Gasteiger partial charge in [-0.1, -0.05) is 12.1 Å². The summed E-state index contributed by atoms with van der Waals surface area (Å²) in [5, 5.41) is 2.97. The predicted octanol–water partition coefficient (Wildman–Crippen LogP) is 4.35. The maximum Gasteiger partial charge on any atom is 0.230 e. The zero-order valence-corrected chi connectivity index (χ0v) is 17.2. The first-order chi connectivity index (χ1) is 12.4. The Balaban J connectivity index is 1.96. The highest BCUT2D eigenvalue weighted by Gasteiger charge is 2.11. The van der Waals surface area contributed by atoms with Crippen LogP contribution in [-0.4, -0.2) is 25.9 Å². The van der Waals surface area contributed by atoms with Gasteiger partial charge in [0.15, 0.2) is 11.5 Å². The third-order valence-corrected chi connectivity index (χ3v) is 5.89. The summed E-state index contributed by atoms with van der Waals surface area (Å²) in [7, 11) is 3.21. The van der Waals surface area contributed by atoms with Gasteiger partial charge in [-0.05, 0) is 67.6 Å². The Hall–Kier alpha value is -2.14. The first-order valence-electron chi connectivity index (χ1n) is 8.55. The Morgan fingerprint density at radius 3 is 2.15 bits per heavy atom. The van der Waals surface area contributed by atoms with Crippen molar-refractivity contribution in [3.8, 4) is 11.5 Å². The number of nitrogens with one attached hydrogen (secondary N) is 1. The second-order valence-electron chi connectivity index (χ2n) is 6.34. The predicted molar refractivity (Wildman–Crippen MR) is 108 cm³/mol. The van der Waals surface area contributed by atoms with Crippen molar-refractivity contribution in [2.75, 3.05) is 20.0 Å². The van der Waals surface area contributed by atoms with Crippen LogP contribution in [0, 0.1) is 27.7 Å². The van der Waals surface area contributed by atoms with E-state index in [1.165, 1.54) is 27.1 Å². The molecule has 140 valence electrons. The van der Waals surface area contributed by atoms with Gasteiger partial charge < -0.3 is 14.8 Å². The van der Waals surface area contributed by atoms with Crippen molar-refractivity contribution >= 4 is 17.7 Å². The van der Waals surface area contributed by atoms with E-state index in [1.807, 2.05) is 18.2 Å². The van der Waals surface area contributed by atoms with Gasteiger partial charge in [0.05, 0.1) is 20.0 Å². The fourth-order valence-electron chi connectivity index (χ4n) is 2.78. The molecular formula is C21H27NO3S. The molecule has 1 amide bonds. The van der Waals surface area contributed by atoms with E-state index in [-0.39, 0.29) is 5.91 Å². The lowest BCUT2D eigenvalue weighted by Gasteiger charge is -2.15. The number of hydrogen-bond acceptors (Lipinski definition) is 4. The van der Waals surface area contributed by atoms with Gasteiger partial charge in [-0.3, -0.25) is 4.79 Å². The monoisotopic (exact) mass is 373 g/mol. The lowest BCUT2D eigenvalue weighted by molar-refractivity contribution is -0.118. The molecule has 2 aromatic rings. The largest absolute Gasteiger partial charge is 0.493 e. The molecule has 0 radical (unpaired) electrons. The zero-order chi connectivity index (χ0) is 19.3. The normalized spacial score (nSPS) is 10.5. The number of aryl methyl sites for hydroxylation is 2. The van der Waals surface area contributed by atoms with Crippen molar-refractivity contribution in [3.63, 3.8) is 0 Å². The van der Waals surface area contributed by atoms with Gasteiger partial charge in [-0.25, -0.2) is 0 Å². The second kappa shape index (κ2) is 8.99. The quantitative estimate of drug-likeness (QED) is 0.733. The van der Waals surface area contributed by atoms with E-state index in [9.17, 15) is 4.79 Å². The van der Waals surface area contributed by atoms with Gasteiger partial charge in [-0.15, -0.1) is 11.8 Å². The molecule has 0 unspecified atom stereocenters. The van der Waals surface area contributed by atoms with Gasteiger partial charge >= 0.3 is 0 Å². The van der Waals surface area contributed by atoms with Crippen LogP contribution in [0.5, 0.6) is 11.5 Å². The topological polar surface area (TPSA) is 47.6 Å². The average Bonchev–Trinajstić information content (AvgIpc) is 2.64. The van der Waals surface area contributed by atoms with Gasteiger partial charge in [0, 0.05) is 11.4 Å². The number of benzene rings is 2. The molecule has 0 aliphatic heterocycles. The summed E-state index contributed by atoms with van der Waals surface area (Å²) < 4.78 is 10.5. The summed E-state index contributed by atoms with van der Waals surface area (Å²) in [5.74, 6) is 1.76. The third-order valence-electron chi connectivity index (χ3n) is 4.58. The van der Waals surface area contributed by atoms with E-state index in [1.54, 1.807) is 26.0 Å². The standard InChI is InChI=1S/C21H27NO3S/c1-13-9-14(2)16(4)21(15(13)3)26-12-20(23)22-11-17-7-8-18(24-5)19(10-17)25-6/h7-10H,11-12H2,1-6H3,(H,22,23). The molecule has 0 aliphatic carbocycles. The zero-order valence-electron chi connectivity index (χ0n) is 16.4. The summed E-state index contributed by atoms with van der Waals surface area (Å²) >= 11 is 1.60. The molecule has 1 N–H and O–H groups in total. The summed E-state index contributed by atoms with van der Waals surface area (Å²) in [5.41, 5.74) is 6.01. The maximum atomic E-state index is 12.3. The van der Waals surface area contributed by atoms with Crippen molar-refractivity contribution < 1.29 is 14.3 Å². The van der Waals surface area contributed by atoms with E-state index < -0.39 is 0 Å². The molecule has 4 nitrogen and oxygen atoms in total. The Morgan fingerprint density at radius 1 is 0.962 bits per heavy atom. The molecule has 2 rings (SSSR count). The minimum Gasteiger partial charge on any atom is -0.493 e. The van der Waals surface area contributed by atoms with E-state index in [0.29, 0.717) is 23.8 Å². The number of hydrogen-bond donors (Lipinski definition) is 1. The SMILES string of the molecule is COc1ccc(CNC(=O)CSc2c(C)c(C)cc(C)c2C)cc1OC. The van der Waals surface area contributed by atoms with Crippen LogP contribution in [0.3, 0.4) is 0 Å². The van der Waals surface area contributed by atoms with Gasteiger partial charge in [0.1, 0.15) is 0 Å². The molecule has 0 bridgehead atoms. The molecule has 0 aromatic heterocycles. The summed E-state index contributed by atoms with van der Waals surface area (Å²) in [6.45, 7) is 8.92. The van der Waals surface area contributed by atoms with Crippen LogP contribution in [0.2, 0.25) is 0 Å². The molecule has 0 atom stereocenters. The van der Waals surface area contributed by atoms with Crippen molar-refractivity contribution in [3.05, 3.63) is 52.1 Å². The van der Waals surface area contributed by atoms with Crippen molar-refractivity contribution in [1.29, 1.82) is 0 Å². The van der Waals surface area contributed by atoms with Crippen molar-refractivity contribution in [2.45, 2.75) is 39.1 Å². The van der Waals surface area contributed by atoms with Crippen LogP contribution in [-0.2, 0) is 11.3 Å². The van der Waals surface area contributed by atoms with Crippen molar-refractivity contribution in [2.24, 2.45) is 0 Å². The highest BCUT2D eigenvalue weighted by Crippen LogP contribution is 2.31. The number of carbonyl (C=O) groups is 1. The maximum absolute atomic E-state index is 12.3. The van der Waals surface area contributed by atoms with Gasteiger partial charge in [0.25, 0.3) is 0 Å². The Labute approximate surface area is 160 Å². The number of rotatable bonds is 7. The molecule has 2 aromatic carbocycles. The van der Waals surface area contributed by atoms with Crippen LogP contribution in [0.1, 0.15) is 27.8 Å². The number of amides is 1. The lowest BCUT2D eigenvalue weighted by Crippen LogP contribution is -2.24. The van der Waals surface area contributed by atoms with Crippen LogP contribution in [0.25, 0.3) is 0 Å². The highest BCUT2D eigenvalue weighted by molar-refractivity contribution is 8.00. The molecule has 5 heteroatoms. The van der Waals surface area contributed by atoms with Crippen LogP contribution >= 0.6 is 11.8 Å². The van der Waals surface area contributed by atoms with E-state index in [0.717, 1.165) is 5.56 Å². The summed E-state index contributed by atoms with van der Waals surface area (Å²) in [4.78, 5) is 13.5. The van der Waals surface area contributed by atoms with Crippen LogP contribution < -0.4 is 14.8 Å². The highest BCUT2D eigenvalue weighted by atomic mass is 32.2. The first-order valence-corrected chi connectivity index (χ1v) is 9.53. The smallest absolute Gasteiger partial charge is 0.230 e. The minimum atomic E-state index is 0.0164. The molecule has 26 heavy (non-hydrogen) atoms. The van der Waals surface area contributed by atoms with E-state index >= 15 is 0 Å². The Kier molecular flexibility index (Phi) is 6.98. The Bertz CT molecular complexity index is 776. The average molecular weight is 374 g/mol. The molecule has 0 saturated heterocycles. The number of methoxy groups -OCH3 is 2. The van der Waals surface area contributed by atoms with E-state index in [4.69, 9.17) is 9.47 Å². The van der Waals surface area contributed by atoms with Gasteiger partial charge in [0.2, 0.25) is 5.91 Å². The molecule has 0 heterocycles. The van der Waals surface area contributed by atoms with Crippen LogP contribution in [0.15, 0.2) is 29.2 Å². The number of carbonyl (C=O) groups excluding carboxylic acids is 1. The third kappa shape index (κ3) is 4.73. The summed E-state index contributed by atoms with van der Waals surface area (Å²) in [6.07, 6.45) is 0. The molecular weight excluding hydrogens is 346 g/mol. The molecule has 0 aliphatic rings. The Morgan fingerprint density at radius 2 is 1.58 bits per heavy atom. The van der Waals surface area contributed by atoms with Gasteiger partial charge in [-0.2, -0.15) is 0 Å². The second-order valence-corrected chi connectivity index (χ2v) is 7.33. The lowest BCUT2D eigenvalue weighted by atomic mass is 10.0. The fourth-order valence-corrected chi connectivity index (χ4v) is 3.91. The minimum absolute atomic E-state index is 0.0164. The van der Waals surface area contributed by atoms with E-state index in [2.05, 4.69) is 39.1 Å².